The van der Waals surface area contributed by atoms with Gasteiger partial charge in [0.1, 0.15) is 24.2 Å². The molecule has 0 saturated carbocycles. The number of nitrogens with two attached hydrogens (primary N) is 1. The van der Waals surface area contributed by atoms with Crippen molar-refractivity contribution in [1.29, 1.82) is 0 Å². The molecular weight excluding hydrogens is 250 g/mol. The summed E-state index contributed by atoms with van der Waals surface area (Å²) in [5.41, 5.74) is 6.69. The van der Waals surface area contributed by atoms with Gasteiger partial charge in [-0.1, -0.05) is 0 Å². The van der Waals surface area contributed by atoms with Crippen LogP contribution in [-0.2, 0) is 4.74 Å². The minimum atomic E-state index is -0.683. The molecule has 1 aromatic heterocycles. The van der Waals surface area contributed by atoms with Crippen LogP contribution in [0.25, 0.3) is 0 Å². The maximum absolute atomic E-state index is 9.77. The SMILES string of the molecule is CN1C=Nc2c(ncn2[C@H]2CC(O)[C@@H](CO)O2)C1N. The van der Waals surface area contributed by atoms with Crippen molar-refractivity contribution < 1.29 is 14.9 Å². The van der Waals surface area contributed by atoms with Crippen LogP contribution in [0.3, 0.4) is 0 Å². The summed E-state index contributed by atoms with van der Waals surface area (Å²) in [5.74, 6) is 0.640. The Morgan fingerprint density at radius 2 is 2.37 bits per heavy atom. The summed E-state index contributed by atoms with van der Waals surface area (Å²) in [6, 6.07) is 0. The Hall–Kier alpha value is -1.48. The van der Waals surface area contributed by atoms with E-state index >= 15 is 0 Å². The highest BCUT2D eigenvalue weighted by molar-refractivity contribution is 5.65. The van der Waals surface area contributed by atoms with Crippen molar-refractivity contribution in [1.82, 2.24) is 14.5 Å². The fourth-order valence-corrected chi connectivity index (χ4v) is 2.38. The van der Waals surface area contributed by atoms with Crippen molar-refractivity contribution in [2.45, 2.75) is 31.0 Å². The van der Waals surface area contributed by atoms with Crippen molar-refractivity contribution in [2.24, 2.45) is 10.7 Å². The summed E-state index contributed by atoms with van der Waals surface area (Å²) in [6.07, 6.45) is 1.68. The summed E-state index contributed by atoms with van der Waals surface area (Å²) < 4.78 is 7.34. The number of fused-ring (bicyclic) bond motifs is 1. The number of aliphatic hydroxyl groups excluding tert-OH is 2. The number of hydrogen-bond donors (Lipinski definition) is 3. The lowest BCUT2D eigenvalue weighted by molar-refractivity contribution is -0.0438. The Balaban J connectivity index is 1.89. The zero-order valence-electron chi connectivity index (χ0n) is 10.5. The minimum Gasteiger partial charge on any atom is -0.394 e. The smallest absolute Gasteiger partial charge is 0.162 e. The van der Waals surface area contributed by atoms with E-state index in [2.05, 4.69) is 9.98 Å². The van der Waals surface area contributed by atoms with E-state index in [4.69, 9.17) is 15.6 Å². The molecule has 8 nitrogen and oxygen atoms in total. The van der Waals surface area contributed by atoms with Crippen LogP contribution in [0.5, 0.6) is 0 Å². The van der Waals surface area contributed by atoms with Gasteiger partial charge in [0.15, 0.2) is 5.82 Å². The number of aromatic nitrogens is 2. The van der Waals surface area contributed by atoms with E-state index in [-0.39, 0.29) is 19.0 Å². The molecule has 19 heavy (non-hydrogen) atoms. The lowest BCUT2D eigenvalue weighted by Gasteiger charge is -2.25. The van der Waals surface area contributed by atoms with E-state index in [0.29, 0.717) is 17.9 Å². The Kier molecular flexibility index (Phi) is 3.02. The van der Waals surface area contributed by atoms with Crippen molar-refractivity contribution >= 4 is 12.2 Å². The Bertz CT molecular complexity index is 503. The van der Waals surface area contributed by atoms with Crippen LogP contribution in [0.15, 0.2) is 11.3 Å². The summed E-state index contributed by atoms with van der Waals surface area (Å²) in [6.45, 7) is -0.208. The summed E-state index contributed by atoms with van der Waals surface area (Å²) in [5, 5.41) is 18.9. The molecule has 2 aliphatic heterocycles. The van der Waals surface area contributed by atoms with Crippen LogP contribution in [-0.4, -0.2) is 56.9 Å². The molecule has 0 radical (unpaired) electrons. The molecule has 1 aromatic rings. The van der Waals surface area contributed by atoms with Gasteiger partial charge < -0.3 is 25.6 Å². The molecular formula is C11H17N5O3. The quantitative estimate of drug-likeness (QED) is 0.640. The zero-order valence-corrected chi connectivity index (χ0v) is 10.5. The van der Waals surface area contributed by atoms with Gasteiger partial charge in [0.25, 0.3) is 0 Å². The Morgan fingerprint density at radius 3 is 3.05 bits per heavy atom. The molecule has 0 bridgehead atoms. The lowest BCUT2D eigenvalue weighted by Crippen LogP contribution is -2.32. The molecule has 8 heteroatoms. The van der Waals surface area contributed by atoms with E-state index in [0.717, 1.165) is 0 Å². The zero-order chi connectivity index (χ0) is 13.6. The molecule has 2 aliphatic rings. The number of rotatable bonds is 2. The van der Waals surface area contributed by atoms with Crippen LogP contribution in [0, 0.1) is 0 Å². The van der Waals surface area contributed by atoms with Crippen molar-refractivity contribution in [2.75, 3.05) is 13.7 Å². The molecule has 104 valence electrons. The first-order valence-electron chi connectivity index (χ1n) is 6.14. The molecule has 0 amide bonds. The second-order valence-electron chi connectivity index (χ2n) is 4.83. The van der Waals surface area contributed by atoms with Gasteiger partial charge in [-0.3, -0.25) is 4.57 Å². The van der Waals surface area contributed by atoms with Gasteiger partial charge in [-0.25, -0.2) is 9.98 Å². The van der Waals surface area contributed by atoms with Gasteiger partial charge in [0.2, 0.25) is 0 Å². The van der Waals surface area contributed by atoms with Crippen LogP contribution in [0.2, 0.25) is 0 Å². The van der Waals surface area contributed by atoms with Crippen LogP contribution in [0.1, 0.15) is 24.5 Å². The molecule has 3 heterocycles. The topological polar surface area (TPSA) is 109 Å². The highest BCUT2D eigenvalue weighted by atomic mass is 16.5. The molecule has 2 unspecified atom stereocenters. The van der Waals surface area contributed by atoms with E-state index in [9.17, 15) is 5.11 Å². The van der Waals surface area contributed by atoms with Crippen molar-refractivity contribution in [3.63, 3.8) is 0 Å². The first-order chi connectivity index (χ1) is 9.11. The number of aliphatic imine (C=N–C) groups is 1. The molecule has 0 aliphatic carbocycles. The second-order valence-corrected chi connectivity index (χ2v) is 4.83. The molecule has 1 saturated heterocycles. The maximum atomic E-state index is 9.77. The van der Waals surface area contributed by atoms with Crippen LogP contribution in [0.4, 0.5) is 5.82 Å². The number of aliphatic hydroxyl groups is 2. The average molecular weight is 267 g/mol. The summed E-state index contributed by atoms with van der Waals surface area (Å²) in [4.78, 5) is 10.3. The highest BCUT2D eigenvalue weighted by Gasteiger charge is 2.36. The molecule has 3 rings (SSSR count). The van der Waals surface area contributed by atoms with Gasteiger partial charge in [-0.05, 0) is 0 Å². The predicted molar refractivity (Wildman–Crippen MR) is 66.7 cm³/mol. The summed E-state index contributed by atoms with van der Waals surface area (Å²) in [7, 11) is 1.83. The highest BCUT2D eigenvalue weighted by Crippen LogP contribution is 2.36. The standard InChI is InChI=1S/C11H17N5O3/c1-15-4-14-11-9(10(15)12)13-5-16(11)8-2-6(18)7(3-17)19-8/h4-8,10,17-18H,2-3,12H2,1H3/t6?,7-,8-,10?/m1/s1. The lowest BCUT2D eigenvalue weighted by atomic mass is 10.2. The number of ether oxygens (including phenoxy) is 1. The monoisotopic (exact) mass is 267 g/mol. The van der Waals surface area contributed by atoms with Crippen molar-refractivity contribution in [3.8, 4) is 0 Å². The molecule has 4 atom stereocenters. The molecule has 0 aromatic carbocycles. The van der Waals surface area contributed by atoms with Crippen molar-refractivity contribution in [3.05, 3.63) is 12.0 Å². The third-order valence-electron chi connectivity index (χ3n) is 3.57. The number of imidazole rings is 1. The third-order valence-corrected chi connectivity index (χ3v) is 3.57. The van der Waals surface area contributed by atoms with E-state index in [1.807, 2.05) is 7.05 Å². The van der Waals surface area contributed by atoms with E-state index in [1.165, 1.54) is 0 Å². The predicted octanol–water partition coefficient (Wildman–Crippen LogP) is -0.914. The minimum absolute atomic E-state index is 0.208. The fourth-order valence-electron chi connectivity index (χ4n) is 2.38. The normalized spacial score (nSPS) is 33.8. The Labute approximate surface area is 110 Å². The van der Waals surface area contributed by atoms with Gasteiger partial charge in [-0.2, -0.15) is 0 Å². The van der Waals surface area contributed by atoms with Gasteiger partial charge >= 0.3 is 0 Å². The van der Waals surface area contributed by atoms with Gasteiger partial charge in [0.05, 0.1) is 25.4 Å². The van der Waals surface area contributed by atoms with E-state index in [1.54, 1.807) is 22.1 Å². The second kappa shape index (κ2) is 4.57. The fraction of sp³-hybridized carbons (Fsp3) is 0.636. The number of nitrogens with zero attached hydrogens (tertiary/aromatic N) is 4. The van der Waals surface area contributed by atoms with Gasteiger partial charge in [-0.15, -0.1) is 0 Å². The van der Waals surface area contributed by atoms with Crippen LogP contribution < -0.4 is 5.73 Å². The number of hydrogen-bond acceptors (Lipinski definition) is 7. The molecule has 1 fully saturated rings. The van der Waals surface area contributed by atoms with E-state index < -0.39 is 12.2 Å². The first kappa shape index (κ1) is 12.5. The Morgan fingerprint density at radius 1 is 1.58 bits per heavy atom. The maximum Gasteiger partial charge on any atom is 0.162 e. The van der Waals surface area contributed by atoms with Gasteiger partial charge in [0, 0.05) is 13.5 Å². The van der Waals surface area contributed by atoms with Crippen LogP contribution >= 0.6 is 0 Å². The largest absolute Gasteiger partial charge is 0.394 e. The molecule has 4 N–H and O–H groups in total. The average Bonchev–Trinajstić information content (AvgIpc) is 2.97. The summed E-state index contributed by atoms with van der Waals surface area (Å²) >= 11 is 0. The third kappa shape index (κ3) is 1.93. The molecule has 0 spiro atoms. The first-order valence-corrected chi connectivity index (χ1v) is 6.14.